The lowest BCUT2D eigenvalue weighted by Gasteiger charge is -2.16. The standard InChI is InChI=1S/C13H17N5O/c19-11-4-2-10(3-5-11)12-15-13(17-16-12)18-8-1-6-14-7-9-18/h2-5,14,19H,1,6-9H2,(H,15,16,17). The van der Waals surface area contributed by atoms with Gasteiger partial charge in [-0.3, -0.25) is 5.10 Å². The average Bonchev–Trinajstić information content (AvgIpc) is 2.76. The summed E-state index contributed by atoms with van der Waals surface area (Å²) in [4.78, 5) is 6.71. The molecule has 6 nitrogen and oxygen atoms in total. The molecule has 0 atom stereocenters. The molecule has 0 saturated carbocycles. The first kappa shape index (κ1) is 12.0. The van der Waals surface area contributed by atoms with Crippen molar-refractivity contribution in [1.29, 1.82) is 0 Å². The predicted octanol–water partition coefficient (Wildman–Crippen LogP) is 0.977. The van der Waals surface area contributed by atoms with Gasteiger partial charge in [0.15, 0.2) is 5.82 Å². The second-order valence-electron chi connectivity index (χ2n) is 4.62. The van der Waals surface area contributed by atoms with Crippen LogP contribution in [0.3, 0.4) is 0 Å². The zero-order valence-corrected chi connectivity index (χ0v) is 10.6. The van der Waals surface area contributed by atoms with E-state index in [-0.39, 0.29) is 5.75 Å². The number of anilines is 1. The van der Waals surface area contributed by atoms with Gasteiger partial charge >= 0.3 is 0 Å². The molecule has 0 bridgehead atoms. The second-order valence-corrected chi connectivity index (χ2v) is 4.62. The molecule has 1 aliphatic rings. The normalized spacial score (nSPS) is 16.3. The number of hydrogen-bond donors (Lipinski definition) is 3. The van der Waals surface area contributed by atoms with E-state index in [1.807, 2.05) is 12.1 Å². The predicted molar refractivity (Wildman–Crippen MR) is 73.2 cm³/mol. The van der Waals surface area contributed by atoms with E-state index in [4.69, 9.17) is 0 Å². The molecule has 0 aliphatic carbocycles. The highest BCUT2D eigenvalue weighted by molar-refractivity contribution is 5.57. The molecule has 6 heteroatoms. The summed E-state index contributed by atoms with van der Waals surface area (Å²) in [6.45, 7) is 3.90. The summed E-state index contributed by atoms with van der Waals surface area (Å²) in [5, 5.41) is 19.9. The number of nitrogens with one attached hydrogen (secondary N) is 2. The van der Waals surface area contributed by atoms with Gasteiger partial charge < -0.3 is 15.3 Å². The summed E-state index contributed by atoms with van der Waals surface area (Å²) in [5.74, 6) is 1.72. The van der Waals surface area contributed by atoms with Crippen LogP contribution in [0.5, 0.6) is 5.75 Å². The van der Waals surface area contributed by atoms with Crippen LogP contribution in [0.2, 0.25) is 0 Å². The van der Waals surface area contributed by atoms with Crippen LogP contribution >= 0.6 is 0 Å². The summed E-state index contributed by atoms with van der Waals surface area (Å²) >= 11 is 0. The zero-order valence-electron chi connectivity index (χ0n) is 10.6. The van der Waals surface area contributed by atoms with Crippen LogP contribution in [-0.2, 0) is 0 Å². The van der Waals surface area contributed by atoms with E-state index in [2.05, 4.69) is 25.4 Å². The Kier molecular flexibility index (Phi) is 3.33. The van der Waals surface area contributed by atoms with E-state index < -0.39 is 0 Å². The Bertz CT molecular complexity index is 528. The third-order valence-corrected chi connectivity index (χ3v) is 3.24. The van der Waals surface area contributed by atoms with Crippen molar-refractivity contribution in [1.82, 2.24) is 20.5 Å². The molecule has 0 radical (unpaired) electrons. The number of hydrogen-bond acceptors (Lipinski definition) is 5. The first-order chi connectivity index (χ1) is 9.33. The van der Waals surface area contributed by atoms with Gasteiger partial charge in [-0.1, -0.05) is 0 Å². The molecular weight excluding hydrogens is 242 g/mol. The molecule has 1 aromatic heterocycles. The summed E-state index contributed by atoms with van der Waals surface area (Å²) in [6.07, 6.45) is 1.10. The lowest BCUT2D eigenvalue weighted by molar-refractivity contribution is 0.475. The van der Waals surface area contributed by atoms with Crippen LogP contribution < -0.4 is 10.2 Å². The van der Waals surface area contributed by atoms with Crippen molar-refractivity contribution in [3.05, 3.63) is 24.3 Å². The van der Waals surface area contributed by atoms with Crippen LogP contribution in [0.25, 0.3) is 11.4 Å². The molecule has 0 amide bonds. The molecule has 1 saturated heterocycles. The zero-order chi connectivity index (χ0) is 13.1. The van der Waals surface area contributed by atoms with Gasteiger partial charge in [-0.05, 0) is 37.2 Å². The second kappa shape index (κ2) is 5.27. The molecule has 0 spiro atoms. The number of nitrogens with zero attached hydrogens (tertiary/aromatic N) is 3. The number of aromatic amines is 1. The van der Waals surface area contributed by atoms with Crippen LogP contribution in [0, 0.1) is 0 Å². The molecule has 1 fully saturated rings. The summed E-state index contributed by atoms with van der Waals surface area (Å²) in [7, 11) is 0. The molecule has 1 aromatic carbocycles. The van der Waals surface area contributed by atoms with Gasteiger partial charge in [0.2, 0.25) is 5.95 Å². The van der Waals surface area contributed by atoms with Crippen molar-refractivity contribution in [2.24, 2.45) is 0 Å². The molecule has 0 unspecified atom stereocenters. The maximum absolute atomic E-state index is 9.28. The van der Waals surface area contributed by atoms with Crippen molar-refractivity contribution in [3.63, 3.8) is 0 Å². The Morgan fingerprint density at radius 1 is 1.11 bits per heavy atom. The first-order valence-corrected chi connectivity index (χ1v) is 6.50. The third-order valence-electron chi connectivity index (χ3n) is 3.24. The highest BCUT2D eigenvalue weighted by atomic mass is 16.3. The maximum atomic E-state index is 9.28. The van der Waals surface area contributed by atoms with Gasteiger partial charge in [0, 0.05) is 25.2 Å². The van der Waals surface area contributed by atoms with Gasteiger partial charge in [-0.2, -0.15) is 4.98 Å². The largest absolute Gasteiger partial charge is 0.508 e. The van der Waals surface area contributed by atoms with Gasteiger partial charge in [0.1, 0.15) is 5.75 Å². The summed E-state index contributed by atoms with van der Waals surface area (Å²) in [6, 6.07) is 6.94. The van der Waals surface area contributed by atoms with Crippen LogP contribution in [0.4, 0.5) is 5.95 Å². The monoisotopic (exact) mass is 259 g/mol. The van der Waals surface area contributed by atoms with Crippen LogP contribution in [-0.4, -0.2) is 46.5 Å². The van der Waals surface area contributed by atoms with Gasteiger partial charge in [0.05, 0.1) is 0 Å². The maximum Gasteiger partial charge on any atom is 0.245 e. The Morgan fingerprint density at radius 3 is 2.79 bits per heavy atom. The third kappa shape index (κ3) is 2.68. The number of benzene rings is 1. The molecule has 3 rings (SSSR count). The number of phenols is 1. The van der Waals surface area contributed by atoms with Gasteiger partial charge in [0.25, 0.3) is 0 Å². The molecule has 2 aromatic rings. The Balaban J connectivity index is 1.80. The number of aromatic nitrogens is 3. The van der Waals surface area contributed by atoms with E-state index in [1.54, 1.807) is 12.1 Å². The highest BCUT2D eigenvalue weighted by Gasteiger charge is 2.14. The molecule has 2 heterocycles. The Hall–Kier alpha value is -2.08. The van der Waals surface area contributed by atoms with Crippen molar-refractivity contribution in [2.75, 3.05) is 31.1 Å². The van der Waals surface area contributed by atoms with Crippen molar-refractivity contribution >= 4 is 5.95 Å². The topological polar surface area (TPSA) is 77.1 Å². The minimum absolute atomic E-state index is 0.252. The van der Waals surface area contributed by atoms with E-state index in [0.29, 0.717) is 0 Å². The van der Waals surface area contributed by atoms with Crippen molar-refractivity contribution in [2.45, 2.75) is 6.42 Å². The molecule has 19 heavy (non-hydrogen) atoms. The highest BCUT2D eigenvalue weighted by Crippen LogP contribution is 2.20. The number of aromatic hydroxyl groups is 1. The van der Waals surface area contributed by atoms with Crippen molar-refractivity contribution in [3.8, 4) is 17.1 Å². The number of rotatable bonds is 2. The smallest absolute Gasteiger partial charge is 0.245 e. The first-order valence-electron chi connectivity index (χ1n) is 6.50. The average molecular weight is 259 g/mol. The van der Waals surface area contributed by atoms with E-state index >= 15 is 0 Å². The Morgan fingerprint density at radius 2 is 1.95 bits per heavy atom. The molecule has 1 aliphatic heterocycles. The summed E-state index contributed by atoms with van der Waals surface area (Å²) in [5.41, 5.74) is 0.921. The molecular formula is C13H17N5O. The minimum Gasteiger partial charge on any atom is -0.508 e. The Labute approximate surface area is 111 Å². The van der Waals surface area contributed by atoms with E-state index in [1.165, 1.54) is 0 Å². The number of H-pyrrole nitrogens is 1. The SMILES string of the molecule is Oc1ccc(-c2nc(N3CCCNCC3)n[nH]2)cc1. The van der Waals surface area contributed by atoms with Gasteiger partial charge in [-0.25, -0.2) is 0 Å². The molecule has 3 N–H and O–H groups in total. The summed E-state index contributed by atoms with van der Waals surface area (Å²) < 4.78 is 0. The van der Waals surface area contributed by atoms with E-state index in [9.17, 15) is 5.11 Å². The minimum atomic E-state index is 0.252. The van der Waals surface area contributed by atoms with Crippen LogP contribution in [0.15, 0.2) is 24.3 Å². The fourth-order valence-electron chi connectivity index (χ4n) is 2.19. The van der Waals surface area contributed by atoms with E-state index in [0.717, 1.165) is 49.9 Å². The fraction of sp³-hybridized carbons (Fsp3) is 0.385. The van der Waals surface area contributed by atoms with Gasteiger partial charge in [-0.15, -0.1) is 5.10 Å². The number of phenolic OH excluding ortho intramolecular Hbond substituents is 1. The lowest BCUT2D eigenvalue weighted by Crippen LogP contribution is -2.28. The van der Waals surface area contributed by atoms with Crippen LogP contribution in [0.1, 0.15) is 6.42 Å². The molecule has 100 valence electrons. The quantitative estimate of drug-likeness (QED) is 0.749. The lowest BCUT2D eigenvalue weighted by atomic mass is 10.2. The van der Waals surface area contributed by atoms with Crippen molar-refractivity contribution < 1.29 is 5.11 Å². The fourth-order valence-corrected chi connectivity index (χ4v) is 2.19.